The minimum absolute atomic E-state index is 0.136. The molecule has 2 rings (SSSR count). The average Bonchev–Trinajstić information content (AvgIpc) is 2.35. The van der Waals surface area contributed by atoms with Gasteiger partial charge in [-0.3, -0.25) is 4.98 Å². The summed E-state index contributed by atoms with van der Waals surface area (Å²) in [5, 5.41) is 0.227. The zero-order chi connectivity index (χ0) is 14.0. The highest BCUT2D eigenvalue weighted by Gasteiger charge is 2.17. The van der Waals surface area contributed by atoms with Gasteiger partial charge in [-0.25, -0.2) is 8.42 Å². The van der Waals surface area contributed by atoms with E-state index in [2.05, 4.69) is 20.9 Å². The molecule has 0 amide bonds. The van der Waals surface area contributed by atoms with Gasteiger partial charge >= 0.3 is 0 Å². The number of hydrogen-bond donors (Lipinski definition) is 1. The van der Waals surface area contributed by atoms with Gasteiger partial charge in [-0.1, -0.05) is 11.6 Å². The summed E-state index contributed by atoms with van der Waals surface area (Å²) < 4.78 is 25.2. The van der Waals surface area contributed by atoms with E-state index in [1.54, 1.807) is 18.3 Å². The lowest BCUT2D eigenvalue weighted by molar-refractivity contribution is 0.594. The summed E-state index contributed by atoms with van der Waals surface area (Å²) in [5.41, 5.74) is 6.37. The molecule has 0 radical (unpaired) electrons. The first-order valence-corrected chi connectivity index (χ1v) is 8.09. The van der Waals surface area contributed by atoms with Crippen molar-refractivity contribution in [2.75, 3.05) is 5.73 Å². The van der Waals surface area contributed by atoms with E-state index in [0.29, 0.717) is 11.4 Å². The van der Waals surface area contributed by atoms with E-state index in [0.717, 1.165) is 4.47 Å². The Hall–Kier alpha value is -1.11. The van der Waals surface area contributed by atoms with Crippen LogP contribution in [0.1, 0.15) is 5.69 Å². The van der Waals surface area contributed by atoms with Crippen molar-refractivity contribution < 1.29 is 8.42 Å². The first kappa shape index (κ1) is 14.3. The molecule has 1 aromatic carbocycles. The summed E-state index contributed by atoms with van der Waals surface area (Å²) in [6.45, 7) is 0. The second kappa shape index (κ2) is 5.48. The topological polar surface area (TPSA) is 73.1 Å². The second-order valence-corrected chi connectivity index (χ2v) is 7.22. The van der Waals surface area contributed by atoms with Crippen LogP contribution in [0.4, 0.5) is 5.69 Å². The van der Waals surface area contributed by atoms with Crippen LogP contribution in [0.2, 0.25) is 5.02 Å². The molecule has 0 spiro atoms. The number of anilines is 1. The summed E-state index contributed by atoms with van der Waals surface area (Å²) in [6.07, 6.45) is 1.56. The maximum atomic E-state index is 12.2. The van der Waals surface area contributed by atoms with Crippen molar-refractivity contribution in [3.8, 4) is 0 Å². The van der Waals surface area contributed by atoms with Gasteiger partial charge in [-0.05, 0) is 46.3 Å². The van der Waals surface area contributed by atoms with Crippen LogP contribution in [0.3, 0.4) is 0 Å². The van der Waals surface area contributed by atoms with E-state index in [4.69, 9.17) is 17.3 Å². The first-order valence-electron chi connectivity index (χ1n) is 5.27. The molecule has 0 bridgehead atoms. The molecule has 0 unspecified atom stereocenters. The van der Waals surface area contributed by atoms with Crippen LogP contribution in [0.25, 0.3) is 0 Å². The molecule has 0 aliphatic rings. The van der Waals surface area contributed by atoms with Crippen LogP contribution in [0, 0.1) is 0 Å². The van der Waals surface area contributed by atoms with Crippen molar-refractivity contribution >= 4 is 43.1 Å². The van der Waals surface area contributed by atoms with Crippen molar-refractivity contribution in [2.45, 2.75) is 10.6 Å². The van der Waals surface area contributed by atoms with Crippen LogP contribution >= 0.6 is 27.5 Å². The maximum absolute atomic E-state index is 12.2. The van der Waals surface area contributed by atoms with Gasteiger partial charge in [0, 0.05) is 10.7 Å². The van der Waals surface area contributed by atoms with Crippen LogP contribution in [0.15, 0.2) is 45.9 Å². The monoisotopic (exact) mass is 360 g/mol. The fourth-order valence-electron chi connectivity index (χ4n) is 1.47. The molecule has 1 heterocycles. The van der Waals surface area contributed by atoms with E-state index < -0.39 is 9.84 Å². The van der Waals surface area contributed by atoms with Crippen molar-refractivity contribution in [3.63, 3.8) is 0 Å². The summed E-state index contributed by atoms with van der Waals surface area (Å²) in [4.78, 5) is 4.18. The zero-order valence-electron chi connectivity index (χ0n) is 9.68. The number of pyridine rings is 1. The van der Waals surface area contributed by atoms with E-state index in [9.17, 15) is 8.42 Å². The third-order valence-corrected chi connectivity index (χ3v) is 4.90. The second-order valence-electron chi connectivity index (χ2n) is 3.91. The maximum Gasteiger partial charge on any atom is 0.184 e. The first-order chi connectivity index (χ1) is 8.88. The molecule has 19 heavy (non-hydrogen) atoms. The van der Waals surface area contributed by atoms with Crippen molar-refractivity contribution in [1.82, 2.24) is 4.98 Å². The third kappa shape index (κ3) is 3.46. The Balaban J connectivity index is 2.32. The van der Waals surface area contributed by atoms with Crippen LogP contribution in [-0.2, 0) is 15.6 Å². The molecule has 1 aromatic heterocycles. The Morgan fingerprint density at radius 3 is 2.58 bits per heavy atom. The Morgan fingerprint density at radius 1 is 1.26 bits per heavy atom. The quantitative estimate of drug-likeness (QED) is 0.853. The van der Waals surface area contributed by atoms with Crippen molar-refractivity contribution in [1.29, 1.82) is 0 Å². The van der Waals surface area contributed by atoms with E-state index in [1.165, 1.54) is 18.2 Å². The molecule has 2 N–H and O–H groups in total. The largest absolute Gasteiger partial charge is 0.398 e. The van der Waals surface area contributed by atoms with E-state index >= 15 is 0 Å². The number of benzene rings is 1. The molecule has 4 nitrogen and oxygen atoms in total. The van der Waals surface area contributed by atoms with Gasteiger partial charge in [-0.15, -0.1) is 0 Å². The van der Waals surface area contributed by atoms with Crippen molar-refractivity contribution in [3.05, 3.63) is 51.7 Å². The molecule has 0 saturated carbocycles. The lowest BCUT2D eigenvalue weighted by Gasteiger charge is -2.06. The minimum Gasteiger partial charge on any atom is -0.398 e. The number of nitrogens with two attached hydrogens (primary N) is 1. The number of halogens is 2. The lowest BCUT2D eigenvalue weighted by atomic mass is 10.3. The highest BCUT2D eigenvalue weighted by Crippen LogP contribution is 2.24. The standard InChI is InChI=1S/C12H10BrClN2O2S/c13-8-1-2-9(16-6-8)7-19(17,18)10-3-4-12(15)11(14)5-10/h1-6H,7,15H2. The predicted octanol–water partition coefficient (Wildman–Crippen LogP) is 3.05. The Bertz CT molecular complexity index is 702. The SMILES string of the molecule is Nc1ccc(S(=O)(=O)Cc2ccc(Br)cn2)cc1Cl. The Morgan fingerprint density at radius 2 is 2.00 bits per heavy atom. The third-order valence-electron chi connectivity index (χ3n) is 2.46. The smallest absolute Gasteiger partial charge is 0.184 e. The molecule has 0 atom stereocenters. The number of nitrogens with zero attached hydrogens (tertiary/aromatic N) is 1. The highest BCUT2D eigenvalue weighted by molar-refractivity contribution is 9.10. The van der Waals surface area contributed by atoms with Crippen LogP contribution < -0.4 is 5.73 Å². The van der Waals surface area contributed by atoms with E-state index in [1.807, 2.05) is 0 Å². The molecule has 0 saturated heterocycles. The summed E-state index contributed by atoms with van der Waals surface area (Å²) in [6, 6.07) is 7.67. The molecule has 7 heteroatoms. The van der Waals surface area contributed by atoms with Crippen LogP contribution in [-0.4, -0.2) is 13.4 Å². The molecular weight excluding hydrogens is 352 g/mol. The molecular formula is C12H10BrClN2O2S. The molecule has 100 valence electrons. The van der Waals surface area contributed by atoms with Gasteiger partial charge < -0.3 is 5.73 Å². The number of nitrogen functional groups attached to an aromatic ring is 1. The fraction of sp³-hybridized carbons (Fsp3) is 0.0833. The molecule has 0 fully saturated rings. The van der Waals surface area contributed by atoms with Gasteiger partial charge in [0.25, 0.3) is 0 Å². The van der Waals surface area contributed by atoms with Gasteiger partial charge in [0.2, 0.25) is 0 Å². The predicted molar refractivity (Wildman–Crippen MR) is 78.7 cm³/mol. The zero-order valence-corrected chi connectivity index (χ0v) is 12.8. The Labute approximate surface area is 124 Å². The highest BCUT2D eigenvalue weighted by atomic mass is 79.9. The molecule has 0 aliphatic heterocycles. The van der Waals surface area contributed by atoms with Gasteiger partial charge in [-0.2, -0.15) is 0 Å². The van der Waals surface area contributed by atoms with Gasteiger partial charge in [0.05, 0.1) is 27.1 Å². The normalized spacial score (nSPS) is 11.5. The summed E-state index contributed by atoms with van der Waals surface area (Å²) in [5.74, 6) is -0.180. The van der Waals surface area contributed by atoms with Crippen molar-refractivity contribution in [2.24, 2.45) is 0 Å². The van der Waals surface area contributed by atoms with Gasteiger partial charge in [0.1, 0.15) is 0 Å². The lowest BCUT2D eigenvalue weighted by Crippen LogP contribution is -2.06. The number of sulfone groups is 1. The summed E-state index contributed by atoms with van der Waals surface area (Å²) in [7, 11) is -3.48. The Kier molecular flexibility index (Phi) is 4.13. The average molecular weight is 362 g/mol. The summed E-state index contributed by atoms with van der Waals surface area (Å²) >= 11 is 9.08. The minimum atomic E-state index is -3.48. The van der Waals surface area contributed by atoms with Gasteiger partial charge in [0.15, 0.2) is 9.84 Å². The molecule has 0 aliphatic carbocycles. The number of aromatic nitrogens is 1. The van der Waals surface area contributed by atoms with E-state index in [-0.39, 0.29) is 15.7 Å². The van der Waals surface area contributed by atoms with Crippen LogP contribution in [0.5, 0.6) is 0 Å². The fourth-order valence-corrected chi connectivity index (χ4v) is 3.25. The number of hydrogen-bond acceptors (Lipinski definition) is 4. The number of rotatable bonds is 3. The molecule has 2 aromatic rings.